The van der Waals surface area contributed by atoms with Gasteiger partial charge in [-0.15, -0.1) is 0 Å². The molecule has 0 bridgehead atoms. The fourth-order valence-corrected chi connectivity index (χ4v) is 0.706. The van der Waals surface area contributed by atoms with Crippen molar-refractivity contribution in [3.63, 3.8) is 0 Å². The molecule has 1 aromatic rings. The quantitative estimate of drug-likeness (QED) is 0.485. The molecule has 0 unspecified atom stereocenters. The van der Waals surface area contributed by atoms with Gasteiger partial charge in [0, 0.05) is 12.1 Å². The van der Waals surface area contributed by atoms with Gasteiger partial charge in [0.25, 0.3) is 0 Å². The Labute approximate surface area is 63.6 Å². The average Bonchev–Trinajstić information content (AvgIpc) is 1.93. The molecule has 1 heterocycles. The van der Waals surface area contributed by atoms with Gasteiger partial charge >= 0.3 is 0 Å². The molecular weight excluding hydrogens is 145 g/mol. The molecule has 58 valence electrons. The number of nitrogens with zero attached hydrogens (tertiary/aromatic N) is 1. The Kier molecular flexibility index (Phi) is 2.15. The van der Waals surface area contributed by atoms with E-state index in [0.29, 0.717) is 5.69 Å². The zero-order valence-electron chi connectivity index (χ0n) is 5.84. The molecule has 4 heteroatoms. The van der Waals surface area contributed by atoms with Crippen LogP contribution in [0.25, 0.3) is 0 Å². The van der Waals surface area contributed by atoms with Crippen LogP contribution in [0.1, 0.15) is 5.69 Å². The van der Waals surface area contributed by atoms with E-state index in [1.165, 1.54) is 12.1 Å². The Bertz CT molecular complexity index is 255. The second-order valence-electron chi connectivity index (χ2n) is 2.17. The summed E-state index contributed by atoms with van der Waals surface area (Å²) in [6.45, 7) is 0. The number of nitrogens with one attached hydrogen (secondary N) is 1. The summed E-state index contributed by atoms with van der Waals surface area (Å²) >= 11 is 0. The molecule has 0 aliphatic rings. The number of hydrogen-bond acceptors (Lipinski definition) is 2. The standard InChI is InChI=1S/C7H8FN3/c8-5-1-2-6(11-4-5)3-7(9)10/h1-2,4H,3H2,(H3,9,10). The van der Waals surface area contributed by atoms with Gasteiger partial charge in [-0.05, 0) is 12.1 Å². The molecular formula is C7H8FN3. The van der Waals surface area contributed by atoms with Crippen LogP contribution < -0.4 is 5.73 Å². The Balaban J connectivity index is 2.74. The third-order valence-electron chi connectivity index (χ3n) is 1.16. The molecule has 0 saturated heterocycles. The van der Waals surface area contributed by atoms with Crippen molar-refractivity contribution in [3.05, 3.63) is 29.8 Å². The number of nitrogens with two attached hydrogens (primary N) is 1. The predicted molar refractivity (Wildman–Crippen MR) is 39.8 cm³/mol. The highest BCUT2D eigenvalue weighted by Gasteiger charge is 1.96. The minimum atomic E-state index is -0.377. The van der Waals surface area contributed by atoms with Gasteiger partial charge in [-0.2, -0.15) is 0 Å². The molecule has 1 aromatic heterocycles. The summed E-state index contributed by atoms with van der Waals surface area (Å²) in [5.74, 6) is -0.346. The molecule has 0 spiro atoms. The molecule has 0 aliphatic heterocycles. The number of pyridine rings is 1. The number of halogens is 1. The number of aromatic nitrogens is 1. The lowest BCUT2D eigenvalue weighted by Crippen LogP contribution is -2.13. The monoisotopic (exact) mass is 153 g/mol. The van der Waals surface area contributed by atoms with Crippen LogP contribution in [-0.4, -0.2) is 10.8 Å². The first-order valence-corrected chi connectivity index (χ1v) is 3.12. The maximum absolute atomic E-state index is 12.3. The number of amidine groups is 1. The van der Waals surface area contributed by atoms with E-state index in [-0.39, 0.29) is 18.1 Å². The molecule has 0 aliphatic carbocycles. The molecule has 3 N–H and O–H groups in total. The van der Waals surface area contributed by atoms with E-state index in [1.807, 2.05) is 0 Å². The minimum absolute atomic E-state index is 0.0316. The Morgan fingerprint density at radius 1 is 1.64 bits per heavy atom. The zero-order valence-corrected chi connectivity index (χ0v) is 5.84. The minimum Gasteiger partial charge on any atom is -0.387 e. The molecule has 0 radical (unpaired) electrons. The maximum atomic E-state index is 12.3. The molecule has 0 fully saturated rings. The van der Waals surface area contributed by atoms with Gasteiger partial charge in [0.15, 0.2) is 0 Å². The highest BCUT2D eigenvalue weighted by molar-refractivity contribution is 5.78. The van der Waals surface area contributed by atoms with Crippen molar-refractivity contribution in [1.29, 1.82) is 5.41 Å². The Hall–Kier alpha value is -1.45. The van der Waals surface area contributed by atoms with Crippen LogP contribution in [0, 0.1) is 11.2 Å². The number of hydrogen-bond donors (Lipinski definition) is 2. The van der Waals surface area contributed by atoms with Gasteiger partial charge in [0.1, 0.15) is 5.82 Å². The van der Waals surface area contributed by atoms with Crippen LogP contribution in [0.15, 0.2) is 18.3 Å². The van der Waals surface area contributed by atoms with Crippen molar-refractivity contribution in [2.24, 2.45) is 5.73 Å². The third-order valence-corrected chi connectivity index (χ3v) is 1.16. The van der Waals surface area contributed by atoms with E-state index in [1.54, 1.807) is 0 Å². The summed E-state index contributed by atoms with van der Waals surface area (Å²) in [4.78, 5) is 3.72. The fraction of sp³-hybridized carbons (Fsp3) is 0.143. The Morgan fingerprint density at radius 2 is 2.36 bits per heavy atom. The number of rotatable bonds is 2. The van der Waals surface area contributed by atoms with Crippen LogP contribution in [0.4, 0.5) is 4.39 Å². The highest BCUT2D eigenvalue weighted by Crippen LogP contribution is 1.97. The van der Waals surface area contributed by atoms with E-state index in [4.69, 9.17) is 11.1 Å². The van der Waals surface area contributed by atoms with E-state index in [9.17, 15) is 4.39 Å². The van der Waals surface area contributed by atoms with Crippen molar-refractivity contribution in [2.45, 2.75) is 6.42 Å². The largest absolute Gasteiger partial charge is 0.387 e. The van der Waals surface area contributed by atoms with Crippen LogP contribution in [0.2, 0.25) is 0 Å². The van der Waals surface area contributed by atoms with Gasteiger partial charge in [-0.25, -0.2) is 4.39 Å². The maximum Gasteiger partial charge on any atom is 0.141 e. The zero-order chi connectivity index (χ0) is 8.27. The molecule has 0 saturated carbocycles. The van der Waals surface area contributed by atoms with Crippen LogP contribution >= 0.6 is 0 Å². The first-order chi connectivity index (χ1) is 5.18. The van der Waals surface area contributed by atoms with E-state index >= 15 is 0 Å². The van der Waals surface area contributed by atoms with Gasteiger partial charge in [-0.3, -0.25) is 10.4 Å². The molecule has 3 nitrogen and oxygen atoms in total. The van der Waals surface area contributed by atoms with Crippen molar-refractivity contribution >= 4 is 5.84 Å². The first-order valence-electron chi connectivity index (χ1n) is 3.12. The first kappa shape index (κ1) is 7.65. The summed E-state index contributed by atoms with van der Waals surface area (Å²) in [6.07, 6.45) is 1.39. The molecule has 11 heavy (non-hydrogen) atoms. The van der Waals surface area contributed by atoms with Gasteiger partial charge in [-0.1, -0.05) is 0 Å². The lowest BCUT2D eigenvalue weighted by atomic mass is 10.2. The predicted octanol–water partition coefficient (Wildman–Crippen LogP) is 0.699. The third kappa shape index (κ3) is 2.33. The average molecular weight is 153 g/mol. The van der Waals surface area contributed by atoms with E-state index in [2.05, 4.69) is 4.98 Å². The molecule has 1 rings (SSSR count). The van der Waals surface area contributed by atoms with Gasteiger partial charge in [0.2, 0.25) is 0 Å². The highest BCUT2D eigenvalue weighted by atomic mass is 19.1. The van der Waals surface area contributed by atoms with Crippen molar-refractivity contribution in [1.82, 2.24) is 4.98 Å². The van der Waals surface area contributed by atoms with Crippen molar-refractivity contribution in [3.8, 4) is 0 Å². The summed E-state index contributed by atoms with van der Waals surface area (Å²) in [6, 6.07) is 2.81. The summed E-state index contributed by atoms with van der Waals surface area (Å²) in [7, 11) is 0. The normalized spacial score (nSPS) is 9.55. The lowest BCUT2D eigenvalue weighted by Gasteiger charge is -1.96. The summed E-state index contributed by atoms with van der Waals surface area (Å²) in [5, 5.41) is 6.93. The second kappa shape index (κ2) is 3.09. The lowest BCUT2D eigenvalue weighted by molar-refractivity contribution is 0.620. The van der Waals surface area contributed by atoms with Crippen molar-refractivity contribution < 1.29 is 4.39 Å². The molecule has 0 amide bonds. The SMILES string of the molecule is N=C(N)Cc1ccc(F)cn1. The van der Waals surface area contributed by atoms with E-state index in [0.717, 1.165) is 6.20 Å². The summed E-state index contributed by atoms with van der Waals surface area (Å²) in [5.41, 5.74) is 5.72. The fourth-order valence-electron chi connectivity index (χ4n) is 0.706. The molecule has 0 aromatic carbocycles. The Morgan fingerprint density at radius 3 is 2.82 bits per heavy atom. The van der Waals surface area contributed by atoms with Gasteiger partial charge < -0.3 is 5.73 Å². The van der Waals surface area contributed by atoms with E-state index < -0.39 is 0 Å². The van der Waals surface area contributed by atoms with Crippen LogP contribution in [0.5, 0.6) is 0 Å². The second-order valence-corrected chi connectivity index (χ2v) is 2.17. The van der Waals surface area contributed by atoms with Crippen LogP contribution in [-0.2, 0) is 6.42 Å². The summed E-state index contributed by atoms with van der Waals surface area (Å²) < 4.78 is 12.3. The smallest absolute Gasteiger partial charge is 0.141 e. The van der Waals surface area contributed by atoms with Gasteiger partial charge in [0.05, 0.1) is 12.0 Å². The van der Waals surface area contributed by atoms with Crippen molar-refractivity contribution in [2.75, 3.05) is 0 Å². The van der Waals surface area contributed by atoms with Crippen LogP contribution in [0.3, 0.4) is 0 Å². The molecule has 0 atom stereocenters. The topological polar surface area (TPSA) is 62.8 Å².